The fourth-order valence-electron chi connectivity index (χ4n) is 6.28. The molecule has 0 saturated carbocycles. The first-order valence-corrected chi connectivity index (χ1v) is 15.4. The highest BCUT2D eigenvalue weighted by atomic mass is 16.7. The van der Waals surface area contributed by atoms with Crippen LogP contribution in [-0.4, -0.2) is 56.0 Å². The van der Waals surface area contributed by atoms with E-state index in [1.54, 1.807) is 144 Å². The lowest BCUT2D eigenvalue weighted by atomic mass is 9.72. The predicted molar refractivity (Wildman–Crippen MR) is 179 cm³/mol. The molecule has 6 rings (SSSR count). The molecule has 1 fully saturated rings. The van der Waals surface area contributed by atoms with Gasteiger partial charge in [0.1, 0.15) is 52.2 Å². The number of phenolic OH excluding ortho intramolecular Hbond substituents is 1. The number of benzene rings is 5. The highest BCUT2D eigenvalue weighted by Crippen LogP contribution is 2.51. The summed E-state index contributed by atoms with van der Waals surface area (Å²) in [4.78, 5) is 0. The van der Waals surface area contributed by atoms with Crippen molar-refractivity contribution in [2.75, 3.05) is 28.4 Å². The highest BCUT2D eigenvalue weighted by molar-refractivity contribution is 5.47. The van der Waals surface area contributed by atoms with Gasteiger partial charge in [-0.1, -0.05) is 60.7 Å². The third kappa shape index (κ3) is 5.93. The second-order valence-corrected chi connectivity index (χ2v) is 11.5. The summed E-state index contributed by atoms with van der Waals surface area (Å²) < 4.78 is 35.1. The Labute approximate surface area is 279 Å². The molecule has 9 nitrogen and oxygen atoms in total. The minimum Gasteiger partial charge on any atom is -0.508 e. The number of ether oxygens (including phenoxy) is 6. The van der Waals surface area contributed by atoms with Crippen molar-refractivity contribution in [3.8, 4) is 28.7 Å². The van der Waals surface area contributed by atoms with Gasteiger partial charge in [-0.2, -0.15) is 0 Å². The van der Waals surface area contributed by atoms with Crippen molar-refractivity contribution in [2.24, 2.45) is 0 Å². The van der Waals surface area contributed by atoms with Gasteiger partial charge in [-0.25, -0.2) is 0 Å². The number of hydrogen-bond acceptors (Lipinski definition) is 9. The number of hydrogen-bond donors (Lipinski definition) is 3. The molecular formula is C39H38O9. The van der Waals surface area contributed by atoms with Gasteiger partial charge >= 0.3 is 0 Å². The van der Waals surface area contributed by atoms with Crippen LogP contribution in [0.4, 0.5) is 0 Å². The van der Waals surface area contributed by atoms with Gasteiger partial charge in [0.2, 0.25) is 0 Å². The molecule has 0 amide bonds. The minimum atomic E-state index is -1.90. The molecule has 3 N–H and O–H groups in total. The molecule has 248 valence electrons. The third-order valence-corrected chi connectivity index (χ3v) is 8.90. The van der Waals surface area contributed by atoms with E-state index in [-0.39, 0.29) is 5.75 Å². The summed E-state index contributed by atoms with van der Waals surface area (Å²) in [5.74, 6) is 2.41. The summed E-state index contributed by atoms with van der Waals surface area (Å²) in [5.41, 5.74) is -1.43. The van der Waals surface area contributed by atoms with Gasteiger partial charge in [0, 0.05) is 5.56 Å². The topological polar surface area (TPSA) is 116 Å². The molecule has 5 aromatic carbocycles. The molecule has 0 radical (unpaired) electrons. The Kier molecular flexibility index (Phi) is 9.30. The molecule has 0 bridgehead atoms. The van der Waals surface area contributed by atoms with Crippen LogP contribution >= 0.6 is 0 Å². The van der Waals surface area contributed by atoms with Crippen LogP contribution in [0.3, 0.4) is 0 Å². The van der Waals surface area contributed by atoms with Crippen molar-refractivity contribution in [3.63, 3.8) is 0 Å². The fourth-order valence-corrected chi connectivity index (χ4v) is 6.28. The van der Waals surface area contributed by atoms with Gasteiger partial charge in [-0.05, 0) is 82.9 Å². The van der Waals surface area contributed by atoms with Gasteiger partial charge in [0.25, 0.3) is 0 Å². The Balaban J connectivity index is 1.61. The Hall–Kier alpha value is -5.06. The zero-order chi connectivity index (χ0) is 33.9. The van der Waals surface area contributed by atoms with E-state index in [9.17, 15) is 15.3 Å². The van der Waals surface area contributed by atoms with Crippen LogP contribution < -0.4 is 18.9 Å². The molecule has 0 unspecified atom stereocenters. The highest BCUT2D eigenvalue weighted by Gasteiger charge is 2.59. The molecule has 5 aromatic rings. The lowest BCUT2D eigenvalue weighted by Gasteiger charge is -2.42. The summed E-state index contributed by atoms with van der Waals surface area (Å²) in [6.07, 6.45) is -3.56. The lowest BCUT2D eigenvalue weighted by molar-refractivity contribution is -0.110. The predicted octanol–water partition coefficient (Wildman–Crippen LogP) is 6.08. The van der Waals surface area contributed by atoms with E-state index in [4.69, 9.17) is 28.4 Å². The van der Waals surface area contributed by atoms with Gasteiger partial charge in [-0.3, -0.25) is 0 Å². The van der Waals surface area contributed by atoms with Crippen molar-refractivity contribution in [1.29, 1.82) is 0 Å². The molecule has 2 atom stereocenters. The summed E-state index contributed by atoms with van der Waals surface area (Å²) in [6.45, 7) is 0. The fraction of sp³-hybridized carbons (Fsp3) is 0.231. The molecular weight excluding hydrogens is 612 g/mol. The van der Waals surface area contributed by atoms with E-state index in [0.717, 1.165) is 0 Å². The number of phenols is 1. The standard InChI is InChI=1S/C39H38O9/c1-43-31-16-8-26(9-17-31)38(41,27-10-18-32(44-2)19-11-27)35-36(48-37(47-35)25-6-5-7-30(40)24-25)39(42,28-12-20-33(45-3)21-13-28)29-14-22-34(46-4)23-15-29/h5-24,35-37,40-42H,1-4H3/t35-,36-/m1/s1. The summed E-state index contributed by atoms with van der Waals surface area (Å²) >= 11 is 0. The maximum absolute atomic E-state index is 13.2. The molecule has 1 aliphatic heterocycles. The van der Waals surface area contributed by atoms with Gasteiger partial charge in [0.15, 0.2) is 6.29 Å². The zero-order valence-electron chi connectivity index (χ0n) is 27.1. The average Bonchev–Trinajstić information content (AvgIpc) is 3.61. The van der Waals surface area contributed by atoms with Crippen LogP contribution in [0.1, 0.15) is 34.1 Å². The molecule has 9 heteroatoms. The average molecular weight is 651 g/mol. The van der Waals surface area contributed by atoms with Crippen molar-refractivity contribution in [1.82, 2.24) is 0 Å². The van der Waals surface area contributed by atoms with Crippen LogP contribution in [0.25, 0.3) is 0 Å². The van der Waals surface area contributed by atoms with Crippen LogP contribution in [0.2, 0.25) is 0 Å². The summed E-state index contributed by atoms with van der Waals surface area (Å²) in [7, 11) is 6.27. The van der Waals surface area contributed by atoms with E-state index < -0.39 is 29.7 Å². The van der Waals surface area contributed by atoms with Crippen molar-refractivity contribution in [3.05, 3.63) is 149 Å². The second-order valence-electron chi connectivity index (χ2n) is 11.5. The van der Waals surface area contributed by atoms with E-state index >= 15 is 0 Å². The normalized spacial score (nSPS) is 16.8. The number of aromatic hydroxyl groups is 1. The Morgan fingerprint density at radius 1 is 0.479 bits per heavy atom. The molecule has 0 spiro atoms. The van der Waals surface area contributed by atoms with E-state index in [0.29, 0.717) is 50.8 Å². The van der Waals surface area contributed by atoms with Crippen molar-refractivity contribution < 1.29 is 43.7 Å². The minimum absolute atomic E-state index is 0.0147. The molecule has 0 aliphatic carbocycles. The molecule has 1 heterocycles. The molecule has 48 heavy (non-hydrogen) atoms. The summed E-state index contributed by atoms with van der Waals surface area (Å²) in [5, 5.41) is 36.8. The smallest absolute Gasteiger partial charge is 0.185 e. The van der Waals surface area contributed by atoms with E-state index in [1.165, 1.54) is 6.07 Å². The van der Waals surface area contributed by atoms with Gasteiger partial charge in [-0.15, -0.1) is 0 Å². The number of methoxy groups -OCH3 is 4. The number of aliphatic hydroxyl groups is 2. The summed E-state index contributed by atoms with van der Waals surface area (Å²) in [6, 6.07) is 34.6. The Bertz CT molecular complexity index is 1600. The Morgan fingerprint density at radius 3 is 1.06 bits per heavy atom. The van der Waals surface area contributed by atoms with Crippen LogP contribution in [0, 0.1) is 0 Å². The molecule has 1 aliphatic rings. The van der Waals surface area contributed by atoms with E-state index in [2.05, 4.69) is 0 Å². The zero-order valence-corrected chi connectivity index (χ0v) is 27.1. The maximum Gasteiger partial charge on any atom is 0.185 e. The first kappa shape index (κ1) is 32.9. The molecule has 1 saturated heterocycles. The van der Waals surface area contributed by atoms with Crippen LogP contribution in [-0.2, 0) is 20.7 Å². The Morgan fingerprint density at radius 2 is 0.792 bits per heavy atom. The van der Waals surface area contributed by atoms with E-state index in [1.807, 2.05) is 0 Å². The van der Waals surface area contributed by atoms with Crippen LogP contribution in [0.5, 0.6) is 28.7 Å². The van der Waals surface area contributed by atoms with Gasteiger partial charge in [0.05, 0.1) is 28.4 Å². The number of rotatable bonds is 11. The monoisotopic (exact) mass is 650 g/mol. The lowest BCUT2D eigenvalue weighted by Crippen LogP contribution is -2.55. The van der Waals surface area contributed by atoms with Crippen LogP contribution in [0.15, 0.2) is 121 Å². The third-order valence-electron chi connectivity index (χ3n) is 8.90. The van der Waals surface area contributed by atoms with Crippen molar-refractivity contribution >= 4 is 0 Å². The largest absolute Gasteiger partial charge is 0.508 e. The quantitative estimate of drug-likeness (QED) is 0.156. The molecule has 0 aromatic heterocycles. The second kappa shape index (κ2) is 13.6. The van der Waals surface area contributed by atoms with Crippen molar-refractivity contribution in [2.45, 2.75) is 29.7 Å². The first-order valence-electron chi connectivity index (χ1n) is 15.4. The first-order chi connectivity index (χ1) is 23.2. The van der Waals surface area contributed by atoms with Gasteiger partial charge < -0.3 is 43.7 Å². The SMILES string of the molecule is COc1ccc(C(O)(c2ccc(OC)cc2)[C@@H]2OC(c3cccc(O)c3)O[C@H]2C(O)(c2ccc(OC)cc2)c2ccc(OC)cc2)cc1. The maximum atomic E-state index is 13.2.